The molecule has 0 saturated heterocycles. The number of thioether (sulfide) groups is 1. The van der Waals surface area contributed by atoms with Crippen molar-refractivity contribution in [2.75, 3.05) is 5.75 Å². The fourth-order valence-electron chi connectivity index (χ4n) is 4.10. The number of aryl methyl sites for hydroxylation is 1. The van der Waals surface area contributed by atoms with E-state index in [1.807, 2.05) is 11.8 Å². The Morgan fingerprint density at radius 2 is 1.97 bits per heavy atom. The molecular weight excluding hydrogens is 398 g/mol. The highest BCUT2D eigenvalue weighted by Crippen LogP contribution is 2.42. The van der Waals surface area contributed by atoms with Gasteiger partial charge < -0.3 is 4.74 Å². The van der Waals surface area contributed by atoms with E-state index in [4.69, 9.17) is 14.7 Å². The Kier molecular flexibility index (Phi) is 6.42. The maximum atomic E-state index is 6.15. The predicted octanol–water partition coefficient (Wildman–Crippen LogP) is 6.72. The van der Waals surface area contributed by atoms with E-state index in [1.54, 1.807) is 17.7 Å². The highest BCUT2D eigenvalue weighted by atomic mass is 32.2. The molecule has 0 N–H and O–H groups in total. The van der Waals surface area contributed by atoms with Gasteiger partial charge in [0.05, 0.1) is 22.4 Å². The van der Waals surface area contributed by atoms with Gasteiger partial charge in [-0.15, -0.1) is 23.1 Å². The lowest BCUT2D eigenvalue weighted by Crippen LogP contribution is -2.32. The third-order valence-electron chi connectivity index (χ3n) is 5.60. The highest BCUT2D eigenvalue weighted by molar-refractivity contribution is 7.99. The number of aromatic nitrogens is 3. The molecule has 0 saturated carbocycles. The van der Waals surface area contributed by atoms with Crippen LogP contribution < -0.4 is 0 Å². The molecule has 0 radical (unpaired) electrons. The van der Waals surface area contributed by atoms with E-state index in [0.29, 0.717) is 6.61 Å². The van der Waals surface area contributed by atoms with Gasteiger partial charge in [-0.3, -0.25) is 0 Å². The van der Waals surface area contributed by atoms with Crippen LogP contribution in [0.2, 0.25) is 0 Å². The van der Waals surface area contributed by atoms with Crippen LogP contribution in [0.15, 0.2) is 11.4 Å². The summed E-state index contributed by atoms with van der Waals surface area (Å²) < 4.78 is 7.36. The molecule has 0 amide bonds. The van der Waals surface area contributed by atoms with E-state index in [2.05, 4.69) is 32.7 Å². The van der Waals surface area contributed by atoms with Gasteiger partial charge >= 0.3 is 0 Å². The molecule has 0 atom stereocenters. The molecule has 0 aliphatic carbocycles. The fraction of sp³-hybridized carbons (Fsp3) is 0.609. The van der Waals surface area contributed by atoms with Gasteiger partial charge in [0.1, 0.15) is 16.2 Å². The summed E-state index contributed by atoms with van der Waals surface area (Å²) in [4.78, 5) is 15.6. The molecule has 29 heavy (non-hydrogen) atoms. The normalized spacial score (nSPS) is 15.9. The van der Waals surface area contributed by atoms with Gasteiger partial charge in [0.15, 0.2) is 0 Å². The second kappa shape index (κ2) is 8.86. The Morgan fingerprint density at radius 1 is 1.10 bits per heavy atom. The summed E-state index contributed by atoms with van der Waals surface area (Å²) in [6.45, 7) is 9.49. The van der Waals surface area contributed by atoms with Crippen molar-refractivity contribution in [3.8, 4) is 0 Å². The van der Waals surface area contributed by atoms with Crippen LogP contribution in [0.25, 0.3) is 20.4 Å². The van der Waals surface area contributed by atoms with Gasteiger partial charge in [-0.25, -0.2) is 15.0 Å². The minimum Gasteiger partial charge on any atom is -0.370 e. The van der Waals surface area contributed by atoms with Crippen LogP contribution in [0.5, 0.6) is 0 Å². The number of thiophene rings is 1. The van der Waals surface area contributed by atoms with E-state index in [1.165, 1.54) is 52.6 Å². The van der Waals surface area contributed by atoms with Gasteiger partial charge in [-0.05, 0) is 38.0 Å². The van der Waals surface area contributed by atoms with Crippen molar-refractivity contribution in [3.63, 3.8) is 0 Å². The average Bonchev–Trinajstić information content (AvgIpc) is 3.06. The number of unbranched alkanes of at least 4 members (excludes halogenated alkanes) is 3. The van der Waals surface area contributed by atoms with Crippen LogP contribution in [0.3, 0.4) is 0 Å². The molecule has 4 rings (SSSR count). The monoisotopic (exact) mass is 429 g/mol. The lowest BCUT2D eigenvalue weighted by atomic mass is 9.88. The molecule has 6 heteroatoms. The topological polar surface area (TPSA) is 47.9 Å². The lowest BCUT2D eigenvalue weighted by Gasteiger charge is -2.33. The minimum absolute atomic E-state index is 0.150. The van der Waals surface area contributed by atoms with Crippen LogP contribution in [0.4, 0.5) is 0 Å². The molecule has 0 bridgehead atoms. The van der Waals surface area contributed by atoms with Crippen molar-refractivity contribution in [3.05, 3.63) is 23.1 Å². The first kappa shape index (κ1) is 21.0. The molecule has 0 fully saturated rings. The maximum Gasteiger partial charge on any atom is 0.126 e. The zero-order valence-corrected chi connectivity index (χ0v) is 19.6. The largest absolute Gasteiger partial charge is 0.370 e. The summed E-state index contributed by atoms with van der Waals surface area (Å²) in [6.07, 6.45) is 9.88. The Morgan fingerprint density at radius 3 is 2.76 bits per heavy atom. The van der Waals surface area contributed by atoms with E-state index in [0.717, 1.165) is 40.4 Å². The highest BCUT2D eigenvalue weighted by Gasteiger charge is 2.31. The standard InChI is InChI=1S/C23H31N3OS2/c1-5-7-8-9-11-28-22-20-19(24-14-25-22)18-15-12-23(3,4)27-13-16(15)17(10-6-2)26-21(18)29-20/h14H,5-13H2,1-4H3. The second-order valence-corrected chi connectivity index (χ2v) is 10.6. The maximum absolute atomic E-state index is 6.15. The van der Waals surface area contributed by atoms with Crippen molar-refractivity contribution < 1.29 is 4.74 Å². The lowest BCUT2D eigenvalue weighted by molar-refractivity contribution is -0.0401. The summed E-state index contributed by atoms with van der Waals surface area (Å²) in [5.74, 6) is 1.12. The van der Waals surface area contributed by atoms with Crippen molar-refractivity contribution >= 4 is 43.5 Å². The first-order valence-electron chi connectivity index (χ1n) is 10.9. The summed E-state index contributed by atoms with van der Waals surface area (Å²) in [6, 6.07) is 0. The van der Waals surface area contributed by atoms with Gasteiger partial charge in [-0.2, -0.15) is 0 Å². The van der Waals surface area contributed by atoms with E-state index < -0.39 is 0 Å². The number of pyridine rings is 1. The van der Waals surface area contributed by atoms with Crippen LogP contribution in [0.1, 0.15) is 76.6 Å². The first-order valence-corrected chi connectivity index (χ1v) is 12.7. The Balaban J connectivity index is 1.79. The summed E-state index contributed by atoms with van der Waals surface area (Å²) >= 11 is 3.65. The Labute approximate surface area is 181 Å². The SMILES string of the molecule is CCCCCCSc1ncnc2c1sc1nc(CCC)c3c(c12)CC(C)(C)OC3. The zero-order chi connectivity index (χ0) is 20.4. The molecule has 0 unspecified atom stereocenters. The van der Waals surface area contributed by atoms with Gasteiger partial charge in [-0.1, -0.05) is 39.5 Å². The number of hydrogen-bond donors (Lipinski definition) is 0. The minimum atomic E-state index is -0.150. The predicted molar refractivity (Wildman–Crippen MR) is 124 cm³/mol. The summed E-state index contributed by atoms with van der Waals surface area (Å²) in [7, 11) is 0. The fourth-order valence-corrected chi connectivity index (χ4v) is 6.35. The molecule has 1 aliphatic heterocycles. The van der Waals surface area contributed by atoms with Gasteiger partial charge in [0.2, 0.25) is 0 Å². The average molecular weight is 430 g/mol. The molecular formula is C23H31N3OS2. The Hall–Kier alpha value is -1.24. The van der Waals surface area contributed by atoms with Crippen molar-refractivity contribution in [1.29, 1.82) is 0 Å². The van der Waals surface area contributed by atoms with Crippen LogP contribution >= 0.6 is 23.1 Å². The van der Waals surface area contributed by atoms with E-state index in [9.17, 15) is 0 Å². The molecule has 3 aromatic heterocycles. The van der Waals surface area contributed by atoms with E-state index in [-0.39, 0.29) is 5.60 Å². The second-order valence-electron chi connectivity index (χ2n) is 8.54. The van der Waals surface area contributed by atoms with Crippen LogP contribution in [0, 0.1) is 0 Å². The third-order valence-corrected chi connectivity index (χ3v) is 7.89. The molecule has 4 nitrogen and oxygen atoms in total. The van der Waals surface area contributed by atoms with Crippen LogP contribution in [-0.4, -0.2) is 26.3 Å². The molecule has 3 aromatic rings. The summed E-state index contributed by atoms with van der Waals surface area (Å²) in [5.41, 5.74) is 4.84. The molecule has 1 aliphatic rings. The number of fused-ring (bicyclic) bond motifs is 5. The first-order chi connectivity index (χ1) is 14.0. The van der Waals surface area contributed by atoms with Gasteiger partial charge in [0, 0.05) is 23.1 Å². The van der Waals surface area contributed by atoms with Crippen molar-refractivity contribution in [2.24, 2.45) is 0 Å². The zero-order valence-electron chi connectivity index (χ0n) is 18.0. The number of nitrogens with zero attached hydrogens (tertiary/aromatic N) is 3. The Bertz CT molecular complexity index is 1010. The van der Waals surface area contributed by atoms with E-state index >= 15 is 0 Å². The number of hydrogen-bond acceptors (Lipinski definition) is 6. The smallest absolute Gasteiger partial charge is 0.126 e. The summed E-state index contributed by atoms with van der Waals surface area (Å²) in [5, 5.41) is 2.36. The number of rotatable bonds is 8. The third kappa shape index (κ3) is 4.30. The van der Waals surface area contributed by atoms with Gasteiger partial charge in [0.25, 0.3) is 0 Å². The molecule has 156 valence electrons. The number of ether oxygens (including phenoxy) is 1. The molecule has 4 heterocycles. The van der Waals surface area contributed by atoms with Crippen molar-refractivity contribution in [1.82, 2.24) is 15.0 Å². The van der Waals surface area contributed by atoms with Crippen molar-refractivity contribution in [2.45, 2.75) is 89.9 Å². The van der Waals surface area contributed by atoms with Crippen LogP contribution in [-0.2, 0) is 24.2 Å². The molecule has 0 aromatic carbocycles. The molecule has 0 spiro atoms. The quantitative estimate of drug-likeness (QED) is 0.226.